The lowest BCUT2D eigenvalue weighted by Gasteiger charge is -2.10. The molecule has 0 fully saturated rings. The molecule has 0 unspecified atom stereocenters. The van der Waals surface area contributed by atoms with Gasteiger partial charge in [-0.15, -0.1) is 0 Å². The Bertz CT molecular complexity index is 720. The summed E-state index contributed by atoms with van der Waals surface area (Å²) < 4.78 is 12.8. The van der Waals surface area contributed by atoms with E-state index in [9.17, 15) is 14.0 Å². The number of hydrogen-bond acceptors (Lipinski definition) is 2. The number of carbonyl (C=O) groups is 2. The molecule has 0 heterocycles. The number of urea groups is 1. The van der Waals surface area contributed by atoms with Gasteiger partial charge in [-0.3, -0.25) is 4.79 Å². The summed E-state index contributed by atoms with van der Waals surface area (Å²) in [6.45, 7) is 0.252. The molecular formula is C16H15ClFN3O2. The molecule has 0 radical (unpaired) electrons. The predicted molar refractivity (Wildman–Crippen MR) is 87.1 cm³/mol. The van der Waals surface area contributed by atoms with Crippen molar-refractivity contribution >= 4 is 29.2 Å². The maximum Gasteiger partial charge on any atom is 0.319 e. The van der Waals surface area contributed by atoms with Crippen LogP contribution in [0.5, 0.6) is 0 Å². The maximum atomic E-state index is 12.8. The summed E-state index contributed by atoms with van der Waals surface area (Å²) in [6, 6.07) is 9.98. The molecule has 120 valence electrons. The SMILES string of the molecule is CNC(=O)c1cc(NC(=O)NCc2ccc(F)cc2)ccc1Cl. The van der Waals surface area contributed by atoms with Gasteiger partial charge in [0, 0.05) is 19.3 Å². The van der Waals surface area contributed by atoms with Crippen molar-refractivity contribution in [2.24, 2.45) is 0 Å². The van der Waals surface area contributed by atoms with Crippen molar-refractivity contribution in [3.8, 4) is 0 Å². The van der Waals surface area contributed by atoms with Gasteiger partial charge in [0.05, 0.1) is 10.6 Å². The largest absolute Gasteiger partial charge is 0.355 e. The third kappa shape index (κ3) is 4.69. The van der Waals surface area contributed by atoms with Gasteiger partial charge in [0.25, 0.3) is 5.91 Å². The van der Waals surface area contributed by atoms with Crippen LogP contribution in [0.1, 0.15) is 15.9 Å². The summed E-state index contributed by atoms with van der Waals surface area (Å²) in [4.78, 5) is 23.5. The van der Waals surface area contributed by atoms with E-state index in [-0.39, 0.29) is 23.8 Å². The Kier molecular flexibility index (Phi) is 5.54. The van der Waals surface area contributed by atoms with Gasteiger partial charge in [0.15, 0.2) is 0 Å². The van der Waals surface area contributed by atoms with Crippen LogP contribution in [0.15, 0.2) is 42.5 Å². The van der Waals surface area contributed by atoms with Crippen molar-refractivity contribution in [3.63, 3.8) is 0 Å². The van der Waals surface area contributed by atoms with E-state index in [1.165, 1.54) is 31.3 Å². The topological polar surface area (TPSA) is 70.2 Å². The fourth-order valence-electron chi connectivity index (χ4n) is 1.87. The summed E-state index contributed by atoms with van der Waals surface area (Å²) in [7, 11) is 1.49. The minimum Gasteiger partial charge on any atom is -0.355 e. The molecule has 2 aromatic carbocycles. The zero-order chi connectivity index (χ0) is 16.8. The molecule has 0 atom stereocenters. The first-order chi connectivity index (χ1) is 11.0. The van der Waals surface area contributed by atoms with Crippen LogP contribution in [0, 0.1) is 5.82 Å². The normalized spacial score (nSPS) is 10.0. The zero-order valence-corrected chi connectivity index (χ0v) is 13.1. The van der Waals surface area contributed by atoms with Gasteiger partial charge in [-0.2, -0.15) is 0 Å². The predicted octanol–water partition coefficient (Wildman–Crippen LogP) is 3.16. The van der Waals surface area contributed by atoms with Crippen LogP contribution in [-0.2, 0) is 6.54 Å². The Hall–Kier alpha value is -2.60. The number of hydrogen-bond donors (Lipinski definition) is 3. The van der Waals surface area contributed by atoms with Crippen molar-refractivity contribution in [1.82, 2.24) is 10.6 Å². The molecule has 5 nitrogen and oxygen atoms in total. The molecule has 0 aliphatic heterocycles. The van der Waals surface area contributed by atoms with Crippen LogP contribution < -0.4 is 16.0 Å². The molecule has 23 heavy (non-hydrogen) atoms. The summed E-state index contributed by atoms with van der Waals surface area (Å²) >= 11 is 5.94. The molecule has 3 amide bonds. The van der Waals surface area contributed by atoms with Crippen LogP contribution in [-0.4, -0.2) is 19.0 Å². The minimum atomic E-state index is -0.445. The molecule has 0 aromatic heterocycles. The average Bonchev–Trinajstić information content (AvgIpc) is 2.55. The van der Waals surface area contributed by atoms with Crippen molar-refractivity contribution in [1.29, 1.82) is 0 Å². The van der Waals surface area contributed by atoms with E-state index in [0.717, 1.165) is 5.56 Å². The number of anilines is 1. The molecule has 2 aromatic rings. The Morgan fingerprint density at radius 1 is 1.13 bits per heavy atom. The van der Waals surface area contributed by atoms with Crippen molar-refractivity contribution < 1.29 is 14.0 Å². The summed E-state index contributed by atoms with van der Waals surface area (Å²) in [6.07, 6.45) is 0. The van der Waals surface area contributed by atoms with Gasteiger partial charge in [0.2, 0.25) is 0 Å². The average molecular weight is 336 g/mol. The van der Waals surface area contributed by atoms with E-state index in [1.54, 1.807) is 18.2 Å². The second-order valence-corrected chi connectivity index (χ2v) is 5.12. The van der Waals surface area contributed by atoms with Crippen LogP contribution in [0.25, 0.3) is 0 Å². The summed E-state index contributed by atoms with van der Waals surface area (Å²) in [5.41, 5.74) is 1.47. The van der Waals surface area contributed by atoms with Crippen LogP contribution >= 0.6 is 11.6 Å². The first-order valence-electron chi connectivity index (χ1n) is 6.80. The second kappa shape index (κ2) is 7.60. The molecular weight excluding hydrogens is 321 g/mol. The standard InChI is InChI=1S/C16H15ClFN3O2/c1-19-15(22)13-8-12(6-7-14(13)17)21-16(23)20-9-10-2-4-11(18)5-3-10/h2-8H,9H2,1H3,(H,19,22)(H2,20,21,23). The fraction of sp³-hybridized carbons (Fsp3) is 0.125. The van der Waals surface area contributed by atoms with Crippen molar-refractivity contribution in [2.75, 3.05) is 12.4 Å². The lowest BCUT2D eigenvalue weighted by Crippen LogP contribution is -2.28. The monoisotopic (exact) mass is 335 g/mol. The molecule has 7 heteroatoms. The lowest BCUT2D eigenvalue weighted by atomic mass is 10.2. The highest BCUT2D eigenvalue weighted by Crippen LogP contribution is 2.20. The number of rotatable bonds is 4. The molecule has 0 spiro atoms. The Labute approximate surface area is 137 Å². The quantitative estimate of drug-likeness (QED) is 0.803. The molecule has 2 rings (SSSR count). The van der Waals surface area contributed by atoms with Gasteiger partial charge in [-0.1, -0.05) is 23.7 Å². The van der Waals surface area contributed by atoms with Gasteiger partial charge in [0.1, 0.15) is 5.82 Å². The first kappa shape index (κ1) is 16.8. The maximum absolute atomic E-state index is 12.8. The molecule has 0 aliphatic carbocycles. The number of halogens is 2. The highest BCUT2D eigenvalue weighted by molar-refractivity contribution is 6.34. The first-order valence-corrected chi connectivity index (χ1v) is 7.18. The summed E-state index contributed by atoms with van der Waals surface area (Å²) in [5.74, 6) is -0.675. The molecule has 0 saturated heterocycles. The molecule has 0 aliphatic rings. The second-order valence-electron chi connectivity index (χ2n) is 4.71. The van der Waals surface area contributed by atoms with Gasteiger partial charge in [-0.25, -0.2) is 9.18 Å². The number of benzene rings is 2. The highest BCUT2D eigenvalue weighted by atomic mass is 35.5. The highest BCUT2D eigenvalue weighted by Gasteiger charge is 2.10. The van der Waals surface area contributed by atoms with Crippen molar-refractivity contribution in [2.45, 2.75) is 6.54 Å². The van der Waals surface area contributed by atoms with Gasteiger partial charge < -0.3 is 16.0 Å². The van der Waals surface area contributed by atoms with E-state index in [2.05, 4.69) is 16.0 Å². The number of nitrogens with one attached hydrogen (secondary N) is 3. The Morgan fingerprint density at radius 2 is 1.83 bits per heavy atom. The zero-order valence-electron chi connectivity index (χ0n) is 12.3. The van der Waals surface area contributed by atoms with Crippen LogP contribution in [0.2, 0.25) is 5.02 Å². The smallest absolute Gasteiger partial charge is 0.319 e. The van der Waals surface area contributed by atoms with Crippen molar-refractivity contribution in [3.05, 3.63) is 64.4 Å². The molecule has 3 N–H and O–H groups in total. The van der Waals surface area contributed by atoms with E-state index in [0.29, 0.717) is 10.7 Å². The number of carbonyl (C=O) groups excluding carboxylic acids is 2. The lowest BCUT2D eigenvalue weighted by molar-refractivity contribution is 0.0963. The van der Waals surface area contributed by atoms with E-state index in [1.807, 2.05) is 0 Å². The number of amides is 3. The Morgan fingerprint density at radius 3 is 2.48 bits per heavy atom. The molecule has 0 bridgehead atoms. The van der Waals surface area contributed by atoms with E-state index >= 15 is 0 Å². The molecule has 0 saturated carbocycles. The fourth-order valence-corrected chi connectivity index (χ4v) is 2.07. The minimum absolute atomic E-state index is 0.252. The van der Waals surface area contributed by atoms with Crippen LogP contribution in [0.4, 0.5) is 14.9 Å². The van der Waals surface area contributed by atoms with Crippen LogP contribution in [0.3, 0.4) is 0 Å². The van der Waals surface area contributed by atoms with Gasteiger partial charge >= 0.3 is 6.03 Å². The van der Waals surface area contributed by atoms with E-state index in [4.69, 9.17) is 11.6 Å². The third-order valence-corrected chi connectivity index (χ3v) is 3.39. The summed E-state index contributed by atoms with van der Waals surface area (Å²) in [5, 5.41) is 8.01. The Balaban J connectivity index is 1.97. The van der Waals surface area contributed by atoms with Gasteiger partial charge in [-0.05, 0) is 35.9 Å². The third-order valence-electron chi connectivity index (χ3n) is 3.06. The van der Waals surface area contributed by atoms with E-state index < -0.39 is 6.03 Å².